The van der Waals surface area contributed by atoms with Gasteiger partial charge in [-0.05, 0) is 18.2 Å². The third kappa shape index (κ3) is 5.03. The molecule has 1 fully saturated rings. The van der Waals surface area contributed by atoms with Crippen molar-refractivity contribution < 1.29 is 22.7 Å². The highest BCUT2D eigenvalue weighted by Gasteiger charge is 2.26. The third-order valence-electron chi connectivity index (χ3n) is 3.50. The molecule has 1 heterocycles. The summed E-state index contributed by atoms with van der Waals surface area (Å²) in [7, 11) is -3.69. The van der Waals surface area contributed by atoms with E-state index >= 15 is 0 Å². The lowest BCUT2D eigenvalue weighted by molar-refractivity contribution is -0.119. The van der Waals surface area contributed by atoms with Gasteiger partial charge in [0.05, 0.1) is 31.2 Å². The molecule has 8 nitrogen and oxygen atoms in total. The summed E-state index contributed by atoms with van der Waals surface area (Å²) >= 11 is 0. The highest BCUT2D eigenvalue weighted by molar-refractivity contribution is 7.89. The van der Waals surface area contributed by atoms with Crippen molar-refractivity contribution in [2.75, 3.05) is 39.4 Å². The second-order valence-corrected chi connectivity index (χ2v) is 7.15. The number of sulfonamides is 1. The fraction of sp³-hybridized carbons (Fsp3) is 0.375. The van der Waals surface area contributed by atoms with E-state index in [4.69, 9.17) is 11.2 Å². The number of hydrogen-bond donors (Lipinski definition) is 2. The molecule has 2 amide bonds. The van der Waals surface area contributed by atoms with Gasteiger partial charge in [-0.3, -0.25) is 9.59 Å². The molecule has 25 heavy (non-hydrogen) atoms. The van der Waals surface area contributed by atoms with E-state index in [2.05, 4.69) is 16.6 Å². The average Bonchev–Trinajstić information content (AvgIpc) is 2.65. The Kier molecular flexibility index (Phi) is 6.52. The molecule has 2 N–H and O–H groups in total. The standard InChI is InChI=1S/C16H19N3O5S/c1-2-6-17-15(20)12-18-16(21)13-4-3-5-14(11-13)25(22,23)19-7-9-24-10-8-19/h1,3-5,11H,6-10,12H2,(H,17,20)(H,18,21). The molecule has 1 saturated heterocycles. The van der Waals surface area contributed by atoms with Crippen molar-refractivity contribution in [2.45, 2.75) is 4.90 Å². The molecule has 1 aromatic carbocycles. The SMILES string of the molecule is C#CCNC(=O)CNC(=O)c1cccc(S(=O)(=O)N2CCOCC2)c1. The van der Waals surface area contributed by atoms with E-state index in [1.54, 1.807) is 0 Å². The van der Waals surface area contributed by atoms with Gasteiger partial charge < -0.3 is 15.4 Å². The zero-order chi connectivity index (χ0) is 18.3. The lowest BCUT2D eigenvalue weighted by Gasteiger charge is -2.26. The van der Waals surface area contributed by atoms with Crippen molar-refractivity contribution >= 4 is 21.8 Å². The van der Waals surface area contributed by atoms with E-state index in [-0.39, 0.29) is 36.6 Å². The minimum atomic E-state index is -3.69. The Balaban J connectivity index is 2.06. The molecule has 9 heteroatoms. The lowest BCUT2D eigenvalue weighted by atomic mass is 10.2. The maximum absolute atomic E-state index is 12.6. The van der Waals surface area contributed by atoms with Gasteiger partial charge in [-0.2, -0.15) is 4.31 Å². The van der Waals surface area contributed by atoms with Crippen molar-refractivity contribution in [3.63, 3.8) is 0 Å². The van der Waals surface area contributed by atoms with Gasteiger partial charge in [0.15, 0.2) is 0 Å². The zero-order valence-corrected chi connectivity index (χ0v) is 14.3. The Morgan fingerprint density at radius 3 is 2.64 bits per heavy atom. The zero-order valence-electron chi connectivity index (χ0n) is 13.5. The molecule has 0 spiro atoms. The van der Waals surface area contributed by atoms with Crippen LogP contribution in [0.5, 0.6) is 0 Å². The Bertz CT molecular complexity index is 779. The number of carbonyl (C=O) groups excluding carboxylic acids is 2. The lowest BCUT2D eigenvalue weighted by Crippen LogP contribution is -2.40. The Morgan fingerprint density at radius 2 is 1.96 bits per heavy atom. The molecule has 1 aliphatic rings. The summed E-state index contributed by atoms with van der Waals surface area (Å²) in [5.74, 6) is 1.27. The minimum Gasteiger partial charge on any atom is -0.379 e. The second-order valence-electron chi connectivity index (χ2n) is 5.21. The third-order valence-corrected chi connectivity index (χ3v) is 5.40. The molecule has 0 radical (unpaired) electrons. The molecule has 1 aromatic rings. The molecule has 0 atom stereocenters. The summed E-state index contributed by atoms with van der Waals surface area (Å²) in [6, 6.07) is 5.69. The number of ether oxygens (including phenoxy) is 1. The fourth-order valence-corrected chi connectivity index (χ4v) is 3.66. The molecule has 0 saturated carbocycles. The van der Waals surface area contributed by atoms with Gasteiger partial charge in [-0.1, -0.05) is 12.0 Å². The smallest absolute Gasteiger partial charge is 0.251 e. The normalized spacial score (nSPS) is 15.2. The van der Waals surface area contributed by atoms with E-state index in [0.717, 1.165) is 0 Å². The van der Waals surface area contributed by atoms with Crippen LogP contribution < -0.4 is 10.6 Å². The van der Waals surface area contributed by atoms with E-state index in [1.807, 2.05) is 0 Å². The summed E-state index contributed by atoms with van der Waals surface area (Å²) in [5.41, 5.74) is 0.152. The van der Waals surface area contributed by atoms with Crippen LogP contribution in [0.4, 0.5) is 0 Å². The Hall–Kier alpha value is -2.41. The Morgan fingerprint density at radius 1 is 1.24 bits per heavy atom. The van der Waals surface area contributed by atoms with Gasteiger partial charge >= 0.3 is 0 Å². The van der Waals surface area contributed by atoms with E-state index in [1.165, 1.54) is 28.6 Å². The van der Waals surface area contributed by atoms with E-state index < -0.39 is 21.8 Å². The van der Waals surface area contributed by atoms with Crippen molar-refractivity contribution in [2.24, 2.45) is 0 Å². The van der Waals surface area contributed by atoms with Crippen LogP contribution in [0.3, 0.4) is 0 Å². The van der Waals surface area contributed by atoms with Gasteiger partial charge in [0, 0.05) is 18.7 Å². The molecular weight excluding hydrogens is 346 g/mol. The summed E-state index contributed by atoms with van der Waals surface area (Å²) in [6.07, 6.45) is 5.02. The summed E-state index contributed by atoms with van der Waals surface area (Å²) in [6.45, 7) is 1.05. The number of hydrogen-bond acceptors (Lipinski definition) is 5. The fourth-order valence-electron chi connectivity index (χ4n) is 2.21. The highest BCUT2D eigenvalue weighted by Crippen LogP contribution is 2.18. The number of rotatable bonds is 6. The predicted octanol–water partition coefficient (Wildman–Crippen LogP) is -0.813. The van der Waals surface area contributed by atoms with Gasteiger partial charge in [0.1, 0.15) is 0 Å². The van der Waals surface area contributed by atoms with Crippen LogP contribution in [0.1, 0.15) is 10.4 Å². The molecule has 0 aromatic heterocycles. The maximum Gasteiger partial charge on any atom is 0.251 e. The van der Waals surface area contributed by atoms with Crippen LogP contribution in [0.15, 0.2) is 29.2 Å². The van der Waals surface area contributed by atoms with Crippen molar-refractivity contribution in [3.05, 3.63) is 29.8 Å². The number of nitrogens with one attached hydrogen (secondary N) is 2. The Labute approximate surface area is 146 Å². The predicted molar refractivity (Wildman–Crippen MR) is 90.2 cm³/mol. The first-order chi connectivity index (χ1) is 11.9. The van der Waals surface area contributed by atoms with Crippen LogP contribution in [-0.4, -0.2) is 63.9 Å². The van der Waals surface area contributed by atoms with Crippen molar-refractivity contribution in [3.8, 4) is 12.3 Å². The molecule has 1 aliphatic heterocycles. The largest absolute Gasteiger partial charge is 0.379 e. The van der Waals surface area contributed by atoms with Gasteiger partial charge in [-0.15, -0.1) is 6.42 Å². The number of benzene rings is 1. The number of amides is 2. The number of carbonyl (C=O) groups is 2. The van der Waals surface area contributed by atoms with Crippen molar-refractivity contribution in [1.29, 1.82) is 0 Å². The molecule has 2 rings (SSSR count). The first-order valence-electron chi connectivity index (χ1n) is 7.61. The number of terminal acetylenes is 1. The molecule has 0 unspecified atom stereocenters. The maximum atomic E-state index is 12.6. The highest BCUT2D eigenvalue weighted by atomic mass is 32.2. The minimum absolute atomic E-state index is 0.0267. The van der Waals surface area contributed by atoms with E-state index in [9.17, 15) is 18.0 Å². The number of morpholine rings is 1. The number of nitrogens with zero attached hydrogens (tertiary/aromatic N) is 1. The molecular formula is C16H19N3O5S. The van der Waals surface area contributed by atoms with Crippen LogP contribution in [0.2, 0.25) is 0 Å². The molecule has 0 aliphatic carbocycles. The average molecular weight is 365 g/mol. The van der Waals surface area contributed by atoms with Gasteiger partial charge in [0.2, 0.25) is 15.9 Å². The first kappa shape index (κ1) is 18.9. The summed E-state index contributed by atoms with van der Waals surface area (Å²) < 4.78 is 31.7. The van der Waals surface area contributed by atoms with Crippen LogP contribution >= 0.6 is 0 Å². The van der Waals surface area contributed by atoms with Crippen LogP contribution in [-0.2, 0) is 19.6 Å². The summed E-state index contributed by atoms with van der Waals surface area (Å²) in [5, 5.41) is 4.83. The molecule has 0 bridgehead atoms. The topological polar surface area (TPSA) is 105 Å². The van der Waals surface area contributed by atoms with Gasteiger partial charge in [-0.25, -0.2) is 8.42 Å². The van der Waals surface area contributed by atoms with Crippen molar-refractivity contribution in [1.82, 2.24) is 14.9 Å². The van der Waals surface area contributed by atoms with E-state index in [0.29, 0.717) is 13.2 Å². The monoisotopic (exact) mass is 365 g/mol. The summed E-state index contributed by atoms with van der Waals surface area (Å²) in [4.78, 5) is 23.6. The quantitative estimate of drug-likeness (QED) is 0.642. The van der Waals surface area contributed by atoms with Crippen LogP contribution in [0, 0.1) is 12.3 Å². The molecule has 134 valence electrons. The van der Waals surface area contributed by atoms with Gasteiger partial charge in [0.25, 0.3) is 5.91 Å². The van der Waals surface area contributed by atoms with Crippen LogP contribution in [0.25, 0.3) is 0 Å². The first-order valence-corrected chi connectivity index (χ1v) is 9.05. The second kappa shape index (κ2) is 8.62.